The number of hydrogen-bond donors (Lipinski definition) is 16. The molecule has 0 aromatic heterocycles. The predicted octanol–water partition coefficient (Wildman–Crippen LogP) is -2.01. The second-order valence-corrected chi connectivity index (χ2v) is 20.0. The Hall–Kier alpha value is -3.93. The fraction of sp³-hybridized carbons (Fsp3) is 0.679. The Morgan fingerprint density at radius 2 is 1.28 bits per heavy atom. The first-order valence-corrected chi connectivity index (χ1v) is 25.6. The summed E-state index contributed by atoms with van der Waals surface area (Å²) in [5, 5.41) is 162. The second-order valence-electron chi connectivity index (χ2n) is 20.0. The average molecular weight is 1090 g/mol. The van der Waals surface area contributed by atoms with Crippen molar-refractivity contribution in [2.45, 2.75) is 195 Å². The van der Waals surface area contributed by atoms with Gasteiger partial charge in [-0.15, -0.1) is 0 Å². The largest absolute Gasteiger partial charge is 0.481 e. The van der Waals surface area contributed by atoms with Gasteiger partial charge in [-0.25, -0.2) is 0 Å². The highest BCUT2D eigenvalue weighted by Crippen LogP contribution is 2.38. The van der Waals surface area contributed by atoms with Crippen LogP contribution >= 0.6 is 0 Å². The summed E-state index contributed by atoms with van der Waals surface area (Å²) < 4.78 is 23.4. The molecule has 3 aliphatic rings. The van der Waals surface area contributed by atoms with Gasteiger partial charge in [0.15, 0.2) is 17.9 Å². The molecule has 0 aliphatic carbocycles. The summed E-state index contributed by atoms with van der Waals surface area (Å²) in [4.78, 5) is 38.0. The number of ether oxygens (including phenoxy) is 4. The Morgan fingerprint density at radius 1 is 0.697 bits per heavy atom. The van der Waals surface area contributed by atoms with Crippen molar-refractivity contribution in [3.63, 3.8) is 0 Å². The van der Waals surface area contributed by atoms with E-state index in [0.717, 1.165) is 0 Å². The number of carboxylic acid groups (broad SMARTS) is 1. The minimum atomic E-state index is -2.43. The van der Waals surface area contributed by atoms with Crippen LogP contribution in [0.15, 0.2) is 85.1 Å². The number of aliphatic hydroxyl groups excluding tert-OH is 13. The number of hydrogen-bond acceptors (Lipinski definition) is 22. The lowest BCUT2D eigenvalue weighted by molar-refractivity contribution is -0.309. The van der Waals surface area contributed by atoms with Gasteiger partial charge >= 0.3 is 11.9 Å². The highest BCUT2D eigenvalue weighted by molar-refractivity contribution is 5.85. The molecule has 3 aliphatic heterocycles. The topological polar surface area (TPSA) is 404 Å². The number of cyclic esters (lactones) is 1. The number of carbonyl (C=O) groups is 3. The number of carbonyl (C=O) groups excluding carboxylic acids is 2. The van der Waals surface area contributed by atoms with Crippen LogP contribution in [0.5, 0.6) is 0 Å². The van der Waals surface area contributed by atoms with Crippen LogP contribution in [-0.4, -0.2) is 223 Å². The van der Waals surface area contributed by atoms with Crippen LogP contribution in [0.3, 0.4) is 0 Å². The number of Topliss-reactive ketones (excluding diaryl/α,β-unsaturated/α-hetero) is 1. The molecular weight excluding hydrogens is 1000 g/mol. The zero-order chi connectivity index (χ0) is 56.9. The first kappa shape index (κ1) is 66.4. The number of esters is 1. The average Bonchev–Trinajstić information content (AvgIpc) is 3.34. The predicted molar refractivity (Wildman–Crippen MR) is 271 cm³/mol. The molecule has 2 bridgehead atoms. The third-order valence-electron chi connectivity index (χ3n) is 13.7. The van der Waals surface area contributed by atoms with E-state index in [1.54, 1.807) is 86.8 Å². The van der Waals surface area contributed by atoms with E-state index in [1.807, 2.05) is 6.92 Å². The van der Waals surface area contributed by atoms with Gasteiger partial charge in [-0.3, -0.25) is 14.4 Å². The summed E-state index contributed by atoms with van der Waals surface area (Å²) in [5.74, 6) is -8.30. The minimum absolute atomic E-state index is 0.151. The molecule has 432 valence electrons. The monoisotopic (exact) mass is 1090 g/mol. The van der Waals surface area contributed by atoms with Crippen LogP contribution in [-0.2, 0) is 33.3 Å². The van der Waals surface area contributed by atoms with Crippen molar-refractivity contribution in [3.05, 3.63) is 85.1 Å². The van der Waals surface area contributed by atoms with E-state index in [9.17, 15) is 85.9 Å². The van der Waals surface area contributed by atoms with E-state index < -0.39 is 191 Å². The molecule has 0 aromatic rings. The first-order chi connectivity index (χ1) is 35.8. The molecular formula is C53H83NO22. The van der Waals surface area contributed by atoms with Gasteiger partial charge in [-0.2, -0.15) is 0 Å². The molecule has 0 saturated carbocycles. The molecule has 23 heteroatoms. The number of nitrogens with one attached hydrogen (secondary N) is 1. The van der Waals surface area contributed by atoms with E-state index in [-0.39, 0.29) is 25.2 Å². The molecule has 0 spiro atoms. The molecule has 16 N–H and O–H groups in total. The maximum absolute atomic E-state index is 12.7. The quantitative estimate of drug-likeness (QED) is 0.105. The molecule has 3 rings (SSSR count). The molecule has 22 atom stereocenters. The number of aliphatic carboxylic acids is 1. The molecule has 23 nitrogen and oxygen atoms in total. The van der Waals surface area contributed by atoms with E-state index in [4.69, 9.17) is 24.1 Å². The smallest absolute Gasteiger partial charge is 0.311 e. The zero-order valence-corrected chi connectivity index (χ0v) is 43.3. The van der Waals surface area contributed by atoms with Crippen molar-refractivity contribution >= 4 is 17.7 Å². The van der Waals surface area contributed by atoms with Gasteiger partial charge in [-0.05, 0) is 33.1 Å². The van der Waals surface area contributed by atoms with Crippen LogP contribution in [0.1, 0.15) is 79.1 Å². The Balaban J connectivity index is 1.92. The number of allylic oxidation sites excluding steroid dienone is 12. The van der Waals surface area contributed by atoms with Gasteiger partial charge in [0, 0.05) is 37.5 Å². The lowest BCUT2D eigenvalue weighted by Gasteiger charge is -2.45. The molecule has 0 unspecified atom stereocenters. The highest BCUT2D eigenvalue weighted by atomic mass is 16.7. The summed E-state index contributed by atoms with van der Waals surface area (Å²) in [5.41, 5.74) is 0. The zero-order valence-electron chi connectivity index (χ0n) is 43.3. The van der Waals surface area contributed by atoms with Gasteiger partial charge in [-0.1, -0.05) is 98.9 Å². The summed E-state index contributed by atoms with van der Waals surface area (Å²) >= 11 is 0. The number of ketones is 1. The molecule has 0 radical (unpaired) electrons. The number of fused-ring (bicyclic) bond motifs is 2. The summed E-state index contributed by atoms with van der Waals surface area (Å²) in [6, 6.07) is -1.40. The molecule has 2 saturated heterocycles. The van der Waals surface area contributed by atoms with Crippen molar-refractivity contribution in [1.29, 1.82) is 0 Å². The normalized spacial score (nSPS) is 41.9. The first-order valence-electron chi connectivity index (χ1n) is 25.6. The third-order valence-corrected chi connectivity index (χ3v) is 13.7. The lowest BCUT2D eigenvalue weighted by atomic mass is 9.82. The van der Waals surface area contributed by atoms with Gasteiger partial charge < -0.3 is 101 Å². The fourth-order valence-corrected chi connectivity index (χ4v) is 9.01. The van der Waals surface area contributed by atoms with Crippen molar-refractivity contribution in [2.75, 3.05) is 13.2 Å². The lowest BCUT2D eigenvalue weighted by Crippen LogP contribution is -2.64. The van der Waals surface area contributed by atoms with Crippen LogP contribution < -0.4 is 5.32 Å². The summed E-state index contributed by atoms with van der Waals surface area (Å²) in [6.07, 6.45) is -5.67. The second kappa shape index (κ2) is 32.8. The van der Waals surface area contributed by atoms with Gasteiger partial charge in [0.1, 0.15) is 36.4 Å². The summed E-state index contributed by atoms with van der Waals surface area (Å²) in [7, 11) is 0. The molecule has 2 fully saturated rings. The Bertz CT molecular complexity index is 1980. The van der Waals surface area contributed by atoms with Crippen molar-refractivity contribution < 1.29 is 110 Å². The Morgan fingerprint density at radius 3 is 1.86 bits per heavy atom. The third kappa shape index (κ3) is 21.7. The van der Waals surface area contributed by atoms with Crippen molar-refractivity contribution in [3.8, 4) is 0 Å². The van der Waals surface area contributed by atoms with Crippen LogP contribution in [0.2, 0.25) is 0 Å². The Kier molecular flexibility index (Phi) is 28.7. The maximum atomic E-state index is 12.7. The SMILES string of the molecule is C[C@@H]1[C@H](O)[C@@H](C)\C=C/C=C/C=C/C=C/C=C/C=C/C=C/[C@H](O[C@@H]2O[C@H](C)[C@@H](O)[C@H](NCC(=O)[C@@H](O)[C@H](O)[C@H](O)CO)[C@@H]2O)C[C@@H]2O[C@](O)(C[C@@H](O)C[C@@H](O)[C@H](O)CC[C@@H](O)C[C@@H](O)CC(=O)O[C@H]1C)C[C@H](O)[C@H]2C(=O)O. The van der Waals surface area contributed by atoms with E-state index in [0.29, 0.717) is 0 Å². The highest BCUT2D eigenvalue weighted by Gasteiger charge is 2.51. The van der Waals surface area contributed by atoms with Gasteiger partial charge in [0.2, 0.25) is 0 Å². The van der Waals surface area contributed by atoms with Gasteiger partial charge in [0.05, 0.1) is 92.8 Å². The number of carboxylic acids is 1. The maximum Gasteiger partial charge on any atom is 0.311 e. The molecule has 3 heterocycles. The van der Waals surface area contributed by atoms with Crippen molar-refractivity contribution in [1.82, 2.24) is 5.32 Å². The molecule has 0 aromatic carbocycles. The van der Waals surface area contributed by atoms with E-state index in [1.165, 1.54) is 19.1 Å². The Labute approximate surface area is 442 Å². The molecule has 0 amide bonds. The number of aliphatic hydroxyl groups is 14. The fourth-order valence-electron chi connectivity index (χ4n) is 9.01. The van der Waals surface area contributed by atoms with Crippen LogP contribution in [0.25, 0.3) is 0 Å². The van der Waals surface area contributed by atoms with E-state index in [2.05, 4.69) is 5.32 Å². The van der Waals surface area contributed by atoms with Crippen LogP contribution in [0, 0.1) is 17.8 Å². The standard InChI is InChI=1S/C53H83NO22/c1-29-17-15-13-11-9-7-5-6-8-10-12-14-16-18-36(75-52-50(69)45(47(66)32(4)74-52)54-27-40(62)48(67)49(68)41(63)28-55)24-42-44(51(70)71)39(61)26-53(72,76-42)25-35(58)22-38(60)37(59)20-19-33(56)21-34(57)23-43(64)73-31(3)30(2)46(29)65/h5-18,29-39,41-42,44-50,52,54-61,63,65-69,72H,19-28H2,1-4H3,(H,70,71)/b6-5+,9-7+,10-8+,13-11+,14-12+,17-15-,18-16+/t29-,30-,31-,32+,33+,34+,35-,36-,37+,38+,39-,41+,42-,44+,45-,46+,47+,48+,49+,50-,52-,53+/m0/s1. The van der Waals surface area contributed by atoms with Crippen molar-refractivity contribution in [2.24, 2.45) is 17.8 Å². The summed E-state index contributed by atoms with van der Waals surface area (Å²) in [6.45, 7) is 4.84. The van der Waals surface area contributed by atoms with Gasteiger partial charge in [0.25, 0.3) is 0 Å². The van der Waals surface area contributed by atoms with E-state index >= 15 is 0 Å². The number of rotatable bonds is 10. The minimum Gasteiger partial charge on any atom is -0.481 e. The van der Waals surface area contributed by atoms with Crippen LogP contribution in [0.4, 0.5) is 0 Å². The molecule has 76 heavy (non-hydrogen) atoms.